The minimum absolute atomic E-state index is 0. The second kappa shape index (κ2) is 10.5. The number of fused-ring (bicyclic) bond motifs is 1. The third kappa shape index (κ3) is 5.37. The van der Waals surface area contributed by atoms with Crippen LogP contribution >= 0.6 is 24.0 Å². The van der Waals surface area contributed by atoms with Gasteiger partial charge in [0.25, 0.3) is 0 Å². The number of ether oxygens (including phenoxy) is 1. The minimum atomic E-state index is 0. The number of rotatable bonds is 7. The van der Waals surface area contributed by atoms with Crippen molar-refractivity contribution >= 4 is 29.9 Å². The first-order valence-corrected chi connectivity index (χ1v) is 9.48. The van der Waals surface area contributed by atoms with Crippen molar-refractivity contribution in [3.05, 3.63) is 46.8 Å². The van der Waals surface area contributed by atoms with Crippen LogP contribution in [0.15, 0.2) is 33.8 Å². The number of halogens is 1. The maximum Gasteiger partial charge on any atom is 0.191 e. The Morgan fingerprint density at radius 2 is 2.00 bits per heavy atom. The highest BCUT2D eigenvalue weighted by atomic mass is 127. The second-order valence-electron chi connectivity index (χ2n) is 6.37. The zero-order valence-electron chi connectivity index (χ0n) is 16.2. The van der Waals surface area contributed by atoms with E-state index in [2.05, 4.69) is 48.7 Å². The number of benzene rings is 1. The van der Waals surface area contributed by atoms with E-state index in [1.807, 2.05) is 12.1 Å². The first kappa shape index (κ1) is 21.5. The molecule has 1 unspecified atom stereocenters. The summed E-state index contributed by atoms with van der Waals surface area (Å²) in [7, 11) is 0. The molecule has 0 bridgehead atoms. The van der Waals surface area contributed by atoms with E-state index in [9.17, 15) is 0 Å². The Hall–Kier alpha value is -1.77. The maximum atomic E-state index is 5.99. The molecule has 27 heavy (non-hydrogen) atoms. The highest BCUT2D eigenvalue weighted by Crippen LogP contribution is 2.27. The molecule has 7 heteroatoms. The lowest BCUT2D eigenvalue weighted by Gasteiger charge is -2.15. The number of nitrogens with one attached hydrogen (secondary N) is 2. The third-order valence-electron chi connectivity index (χ3n) is 4.56. The average molecular weight is 484 g/mol. The van der Waals surface area contributed by atoms with Gasteiger partial charge in [-0.3, -0.25) is 0 Å². The fourth-order valence-corrected chi connectivity index (χ4v) is 3.19. The molecule has 0 aliphatic carbocycles. The molecule has 0 spiro atoms. The van der Waals surface area contributed by atoms with Crippen LogP contribution in [0.25, 0.3) is 0 Å². The Kier molecular flexibility index (Phi) is 8.40. The van der Waals surface area contributed by atoms with Gasteiger partial charge in [0.05, 0.1) is 18.8 Å². The van der Waals surface area contributed by atoms with E-state index in [1.165, 1.54) is 5.56 Å². The van der Waals surface area contributed by atoms with Crippen LogP contribution in [-0.4, -0.2) is 30.3 Å². The van der Waals surface area contributed by atoms with Gasteiger partial charge in [0.15, 0.2) is 5.96 Å². The lowest BCUT2D eigenvalue weighted by Crippen LogP contribution is -2.42. The van der Waals surface area contributed by atoms with Gasteiger partial charge in [0.1, 0.15) is 17.6 Å². The summed E-state index contributed by atoms with van der Waals surface area (Å²) in [5, 5.41) is 10.9. The molecule has 0 radical (unpaired) electrons. The SMILES string of the molecule is CCNC(=NCc1c(CC)noc1CC)NCC1Cc2ccccc2O1.I. The van der Waals surface area contributed by atoms with Crippen molar-refractivity contribution in [1.29, 1.82) is 0 Å². The average Bonchev–Trinajstić information content (AvgIpc) is 3.26. The van der Waals surface area contributed by atoms with Crippen molar-refractivity contribution < 1.29 is 9.26 Å². The molecular weight excluding hydrogens is 455 g/mol. The lowest BCUT2D eigenvalue weighted by atomic mass is 10.1. The summed E-state index contributed by atoms with van der Waals surface area (Å²) in [4.78, 5) is 4.72. The normalized spacial score (nSPS) is 15.7. The van der Waals surface area contributed by atoms with Crippen LogP contribution in [-0.2, 0) is 25.8 Å². The number of hydrogen-bond acceptors (Lipinski definition) is 4. The van der Waals surface area contributed by atoms with Crippen LogP contribution in [0.2, 0.25) is 0 Å². The first-order valence-electron chi connectivity index (χ1n) is 9.48. The quantitative estimate of drug-likeness (QED) is 0.358. The summed E-state index contributed by atoms with van der Waals surface area (Å²) in [6.07, 6.45) is 2.74. The molecule has 0 saturated carbocycles. The molecule has 2 heterocycles. The second-order valence-corrected chi connectivity index (χ2v) is 6.37. The van der Waals surface area contributed by atoms with Crippen molar-refractivity contribution in [3.8, 4) is 5.75 Å². The van der Waals surface area contributed by atoms with Gasteiger partial charge in [-0.2, -0.15) is 0 Å². The lowest BCUT2D eigenvalue weighted by molar-refractivity contribution is 0.235. The third-order valence-corrected chi connectivity index (χ3v) is 4.56. The van der Waals surface area contributed by atoms with Gasteiger partial charge in [0, 0.05) is 24.9 Å². The van der Waals surface area contributed by atoms with Crippen molar-refractivity contribution in [2.45, 2.75) is 52.7 Å². The van der Waals surface area contributed by atoms with Crippen LogP contribution in [0.1, 0.15) is 43.4 Å². The maximum absolute atomic E-state index is 5.99. The zero-order valence-corrected chi connectivity index (χ0v) is 18.6. The molecule has 148 valence electrons. The van der Waals surface area contributed by atoms with Crippen LogP contribution < -0.4 is 15.4 Å². The molecule has 2 N–H and O–H groups in total. The summed E-state index contributed by atoms with van der Waals surface area (Å²) in [5.74, 6) is 2.71. The molecule has 1 aromatic heterocycles. The fourth-order valence-electron chi connectivity index (χ4n) is 3.19. The minimum Gasteiger partial charge on any atom is -0.488 e. The smallest absolute Gasteiger partial charge is 0.191 e. The Bertz CT molecular complexity index is 714. The summed E-state index contributed by atoms with van der Waals surface area (Å²) >= 11 is 0. The number of para-hydroxylation sites is 1. The predicted octanol–water partition coefficient (Wildman–Crippen LogP) is 3.48. The molecule has 0 amide bonds. The van der Waals surface area contributed by atoms with E-state index >= 15 is 0 Å². The molecule has 3 rings (SSSR count). The molecule has 6 nitrogen and oxygen atoms in total. The monoisotopic (exact) mass is 484 g/mol. The zero-order chi connectivity index (χ0) is 18.4. The van der Waals surface area contributed by atoms with Crippen LogP contribution in [0.4, 0.5) is 0 Å². The van der Waals surface area contributed by atoms with Gasteiger partial charge < -0.3 is 19.9 Å². The predicted molar refractivity (Wildman–Crippen MR) is 118 cm³/mol. The topological polar surface area (TPSA) is 71.7 Å². The summed E-state index contributed by atoms with van der Waals surface area (Å²) in [6.45, 7) is 8.31. The summed E-state index contributed by atoms with van der Waals surface area (Å²) < 4.78 is 11.4. The first-order chi connectivity index (χ1) is 12.7. The number of hydrogen-bond donors (Lipinski definition) is 2. The van der Waals surface area contributed by atoms with E-state index in [0.717, 1.165) is 54.5 Å². The van der Waals surface area contributed by atoms with E-state index in [1.54, 1.807) is 0 Å². The van der Waals surface area contributed by atoms with Crippen LogP contribution in [0, 0.1) is 0 Å². The largest absolute Gasteiger partial charge is 0.488 e. The number of aryl methyl sites for hydroxylation is 2. The standard InChI is InChI=1S/C20H28N4O2.HI/c1-4-17-16(18(5-2)26-24-17)13-23-20(21-6-3)22-12-15-11-14-9-7-8-10-19(14)25-15;/h7-10,15H,4-6,11-13H2,1-3H3,(H2,21,22,23);1H. The molecule has 1 aromatic carbocycles. The van der Waals surface area contributed by atoms with E-state index in [-0.39, 0.29) is 30.1 Å². The molecule has 1 aliphatic heterocycles. The van der Waals surface area contributed by atoms with Crippen LogP contribution in [0.5, 0.6) is 5.75 Å². The Labute approximate surface area is 178 Å². The van der Waals surface area contributed by atoms with Gasteiger partial charge in [-0.25, -0.2) is 4.99 Å². The van der Waals surface area contributed by atoms with Gasteiger partial charge in [-0.15, -0.1) is 24.0 Å². The molecule has 1 aliphatic rings. The van der Waals surface area contributed by atoms with Crippen molar-refractivity contribution in [3.63, 3.8) is 0 Å². The van der Waals surface area contributed by atoms with E-state index in [0.29, 0.717) is 13.1 Å². The molecule has 2 aromatic rings. The summed E-state index contributed by atoms with van der Waals surface area (Å²) in [6, 6.07) is 8.22. The van der Waals surface area contributed by atoms with Gasteiger partial charge in [-0.1, -0.05) is 37.2 Å². The van der Waals surface area contributed by atoms with Crippen LogP contribution in [0.3, 0.4) is 0 Å². The van der Waals surface area contributed by atoms with Crippen molar-refractivity contribution in [1.82, 2.24) is 15.8 Å². The number of guanidine groups is 1. The number of nitrogens with zero attached hydrogens (tertiary/aromatic N) is 2. The Morgan fingerprint density at radius 1 is 1.19 bits per heavy atom. The molecular formula is C20H29IN4O2. The summed E-state index contributed by atoms with van der Waals surface area (Å²) in [5.41, 5.74) is 3.37. The Morgan fingerprint density at radius 3 is 2.70 bits per heavy atom. The van der Waals surface area contributed by atoms with Gasteiger partial charge in [0.2, 0.25) is 0 Å². The van der Waals surface area contributed by atoms with E-state index in [4.69, 9.17) is 14.3 Å². The van der Waals surface area contributed by atoms with Crippen molar-refractivity contribution in [2.24, 2.45) is 4.99 Å². The fraction of sp³-hybridized carbons (Fsp3) is 0.500. The number of aromatic nitrogens is 1. The highest BCUT2D eigenvalue weighted by Gasteiger charge is 2.22. The van der Waals surface area contributed by atoms with Gasteiger partial charge in [-0.05, 0) is 25.0 Å². The Balaban J connectivity index is 0.00000261. The van der Waals surface area contributed by atoms with Crippen molar-refractivity contribution in [2.75, 3.05) is 13.1 Å². The molecule has 1 atom stereocenters. The number of aliphatic imine (C=N–C) groups is 1. The molecule has 0 fully saturated rings. The van der Waals surface area contributed by atoms with E-state index < -0.39 is 0 Å². The highest BCUT2D eigenvalue weighted by molar-refractivity contribution is 14.0. The van der Waals surface area contributed by atoms with Gasteiger partial charge >= 0.3 is 0 Å². The molecule has 0 saturated heterocycles.